The van der Waals surface area contributed by atoms with Gasteiger partial charge in [0.25, 0.3) is 5.91 Å². The summed E-state index contributed by atoms with van der Waals surface area (Å²) in [7, 11) is 0. The summed E-state index contributed by atoms with van der Waals surface area (Å²) >= 11 is 0. The topological polar surface area (TPSA) is 65.1 Å². The number of carbonyl (C=O) groups excluding carboxylic acids is 1. The standard InChI is InChI=1S/C21H31N5O/c1-20(2,3)16-14-17(24-19(23-16)21(4,5)6)25-10-12-26(13-11-25)18(27)15-8-7-9-22-15/h7-9,14,22H,10-13H2,1-6H3. The molecule has 1 fully saturated rings. The van der Waals surface area contributed by atoms with E-state index in [0.29, 0.717) is 18.8 Å². The van der Waals surface area contributed by atoms with E-state index in [-0.39, 0.29) is 16.7 Å². The van der Waals surface area contributed by atoms with Gasteiger partial charge in [0, 0.05) is 49.3 Å². The Bertz CT molecular complexity index is 759. The lowest BCUT2D eigenvalue weighted by Crippen LogP contribution is -2.49. The normalized spacial score (nSPS) is 15.9. The van der Waals surface area contributed by atoms with Crippen LogP contribution in [0.2, 0.25) is 0 Å². The summed E-state index contributed by atoms with van der Waals surface area (Å²) in [6, 6.07) is 5.79. The number of hydrogen-bond acceptors (Lipinski definition) is 4. The molecule has 0 bridgehead atoms. The number of H-pyrrole nitrogens is 1. The summed E-state index contributed by atoms with van der Waals surface area (Å²) in [6.07, 6.45) is 1.78. The molecule has 0 radical (unpaired) electrons. The smallest absolute Gasteiger partial charge is 0.270 e. The molecule has 0 atom stereocenters. The van der Waals surface area contributed by atoms with Gasteiger partial charge >= 0.3 is 0 Å². The SMILES string of the molecule is CC(C)(C)c1cc(N2CCN(C(=O)c3ccc[nH]3)CC2)nc(C(C)(C)C)n1. The summed E-state index contributed by atoms with van der Waals surface area (Å²) in [5, 5.41) is 0. The summed E-state index contributed by atoms with van der Waals surface area (Å²) in [5.74, 6) is 1.90. The Morgan fingerprint density at radius 2 is 1.67 bits per heavy atom. The Morgan fingerprint density at radius 3 is 2.19 bits per heavy atom. The third kappa shape index (κ3) is 4.31. The highest BCUT2D eigenvalue weighted by molar-refractivity contribution is 5.92. The molecule has 1 saturated heterocycles. The van der Waals surface area contributed by atoms with Crippen molar-refractivity contribution >= 4 is 11.7 Å². The number of nitrogens with zero attached hydrogens (tertiary/aromatic N) is 4. The van der Waals surface area contributed by atoms with Crippen LogP contribution in [0.1, 0.15) is 63.5 Å². The molecule has 3 rings (SSSR count). The second-order valence-electron chi connectivity index (χ2n) is 9.30. The highest BCUT2D eigenvalue weighted by atomic mass is 16.2. The number of amides is 1. The van der Waals surface area contributed by atoms with Crippen LogP contribution in [-0.4, -0.2) is 51.9 Å². The van der Waals surface area contributed by atoms with E-state index in [1.807, 2.05) is 17.0 Å². The molecular weight excluding hydrogens is 338 g/mol. The predicted molar refractivity (Wildman–Crippen MR) is 108 cm³/mol. The van der Waals surface area contributed by atoms with E-state index in [0.717, 1.165) is 30.4 Å². The minimum Gasteiger partial charge on any atom is -0.357 e. The molecule has 27 heavy (non-hydrogen) atoms. The summed E-state index contributed by atoms with van der Waals surface area (Å²) in [5.41, 5.74) is 1.56. The van der Waals surface area contributed by atoms with Gasteiger partial charge in [0.05, 0.1) is 5.69 Å². The molecule has 3 heterocycles. The zero-order valence-electron chi connectivity index (χ0n) is 17.3. The number of aromatic nitrogens is 3. The van der Waals surface area contributed by atoms with Crippen LogP contribution in [0.25, 0.3) is 0 Å². The third-order valence-corrected chi connectivity index (χ3v) is 4.87. The maximum absolute atomic E-state index is 12.5. The molecule has 146 valence electrons. The van der Waals surface area contributed by atoms with Crippen molar-refractivity contribution in [3.63, 3.8) is 0 Å². The largest absolute Gasteiger partial charge is 0.357 e. The third-order valence-electron chi connectivity index (χ3n) is 4.87. The van der Waals surface area contributed by atoms with Crippen molar-refractivity contribution in [2.75, 3.05) is 31.1 Å². The Morgan fingerprint density at radius 1 is 1.00 bits per heavy atom. The quantitative estimate of drug-likeness (QED) is 0.881. The molecule has 1 amide bonds. The first-order valence-electron chi connectivity index (χ1n) is 9.63. The maximum Gasteiger partial charge on any atom is 0.270 e. The number of anilines is 1. The molecule has 0 saturated carbocycles. The van der Waals surface area contributed by atoms with Crippen LogP contribution in [0.3, 0.4) is 0 Å². The summed E-state index contributed by atoms with van der Waals surface area (Å²) in [4.78, 5) is 29.4. The van der Waals surface area contributed by atoms with Crippen LogP contribution >= 0.6 is 0 Å². The van der Waals surface area contributed by atoms with Gasteiger partial charge in [0.15, 0.2) is 0 Å². The van der Waals surface area contributed by atoms with Gasteiger partial charge < -0.3 is 14.8 Å². The first-order valence-corrected chi connectivity index (χ1v) is 9.63. The highest BCUT2D eigenvalue weighted by Crippen LogP contribution is 2.28. The fourth-order valence-electron chi connectivity index (χ4n) is 3.09. The van der Waals surface area contributed by atoms with E-state index in [1.54, 1.807) is 6.20 Å². The minimum atomic E-state index is -0.110. The molecule has 6 nitrogen and oxygen atoms in total. The van der Waals surface area contributed by atoms with Crippen molar-refractivity contribution in [3.05, 3.63) is 41.6 Å². The van der Waals surface area contributed by atoms with E-state index in [2.05, 4.69) is 57.5 Å². The Hall–Kier alpha value is -2.37. The number of rotatable bonds is 2. The summed E-state index contributed by atoms with van der Waals surface area (Å²) < 4.78 is 0. The Labute approximate surface area is 162 Å². The lowest BCUT2D eigenvalue weighted by atomic mass is 9.90. The lowest BCUT2D eigenvalue weighted by Gasteiger charge is -2.36. The van der Waals surface area contributed by atoms with Crippen molar-refractivity contribution in [3.8, 4) is 0 Å². The molecule has 0 spiro atoms. The lowest BCUT2D eigenvalue weighted by molar-refractivity contribution is 0.0741. The number of carbonyl (C=O) groups is 1. The molecular formula is C21H31N5O. The van der Waals surface area contributed by atoms with Gasteiger partial charge in [-0.25, -0.2) is 9.97 Å². The van der Waals surface area contributed by atoms with Crippen LogP contribution in [0.4, 0.5) is 5.82 Å². The van der Waals surface area contributed by atoms with E-state index in [1.165, 1.54) is 0 Å². The molecule has 2 aromatic heterocycles. The van der Waals surface area contributed by atoms with Gasteiger partial charge in [-0.3, -0.25) is 4.79 Å². The highest BCUT2D eigenvalue weighted by Gasteiger charge is 2.27. The summed E-state index contributed by atoms with van der Waals surface area (Å²) in [6.45, 7) is 15.9. The van der Waals surface area contributed by atoms with Crippen molar-refractivity contribution in [1.82, 2.24) is 19.9 Å². The average molecular weight is 370 g/mol. The van der Waals surface area contributed by atoms with E-state index in [9.17, 15) is 4.79 Å². The van der Waals surface area contributed by atoms with Crippen LogP contribution < -0.4 is 4.90 Å². The predicted octanol–water partition coefficient (Wildman–Crippen LogP) is 3.36. The number of hydrogen-bond donors (Lipinski definition) is 1. The molecule has 6 heteroatoms. The first-order chi connectivity index (χ1) is 12.6. The molecule has 1 aliphatic rings. The second kappa shape index (κ2) is 6.98. The zero-order chi connectivity index (χ0) is 19.8. The van der Waals surface area contributed by atoms with Crippen LogP contribution in [0, 0.1) is 0 Å². The second-order valence-corrected chi connectivity index (χ2v) is 9.30. The monoisotopic (exact) mass is 369 g/mol. The number of piperazine rings is 1. The van der Waals surface area contributed by atoms with Gasteiger partial charge in [-0.1, -0.05) is 41.5 Å². The Balaban J connectivity index is 1.80. The van der Waals surface area contributed by atoms with Crippen molar-refractivity contribution in [1.29, 1.82) is 0 Å². The maximum atomic E-state index is 12.5. The van der Waals surface area contributed by atoms with Crippen molar-refractivity contribution in [2.24, 2.45) is 0 Å². The van der Waals surface area contributed by atoms with E-state index in [4.69, 9.17) is 9.97 Å². The fraction of sp³-hybridized carbons (Fsp3) is 0.571. The molecule has 1 N–H and O–H groups in total. The fourth-order valence-corrected chi connectivity index (χ4v) is 3.09. The van der Waals surface area contributed by atoms with E-state index < -0.39 is 0 Å². The first kappa shape index (κ1) is 19.4. The van der Waals surface area contributed by atoms with Crippen LogP contribution in [0.15, 0.2) is 24.4 Å². The van der Waals surface area contributed by atoms with Crippen LogP contribution in [-0.2, 0) is 10.8 Å². The van der Waals surface area contributed by atoms with Crippen molar-refractivity contribution in [2.45, 2.75) is 52.4 Å². The number of nitrogens with one attached hydrogen (secondary N) is 1. The zero-order valence-corrected chi connectivity index (χ0v) is 17.3. The van der Waals surface area contributed by atoms with Gasteiger partial charge in [0.1, 0.15) is 17.3 Å². The Kier molecular flexibility index (Phi) is 5.02. The van der Waals surface area contributed by atoms with E-state index >= 15 is 0 Å². The molecule has 0 unspecified atom stereocenters. The van der Waals surface area contributed by atoms with Gasteiger partial charge in [0.2, 0.25) is 0 Å². The van der Waals surface area contributed by atoms with Gasteiger partial charge in [-0.2, -0.15) is 0 Å². The molecule has 2 aromatic rings. The van der Waals surface area contributed by atoms with Crippen molar-refractivity contribution < 1.29 is 4.79 Å². The molecule has 0 aromatic carbocycles. The van der Waals surface area contributed by atoms with Crippen LogP contribution in [0.5, 0.6) is 0 Å². The van der Waals surface area contributed by atoms with Gasteiger partial charge in [-0.05, 0) is 12.1 Å². The minimum absolute atomic E-state index is 0.0386. The molecule has 0 aliphatic carbocycles. The number of aromatic amines is 1. The molecule has 1 aliphatic heterocycles. The van der Waals surface area contributed by atoms with Gasteiger partial charge in [-0.15, -0.1) is 0 Å². The average Bonchev–Trinajstić information content (AvgIpc) is 3.14.